The number of pyridine rings is 1. The number of aromatic amines is 1. The number of amides is 2. The summed E-state index contributed by atoms with van der Waals surface area (Å²) in [7, 11) is 0. The number of carbonyl (C=O) groups is 2. The first-order chi connectivity index (χ1) is 20.7. The zero-order valence-electron chi connectivity index (χ0n) is 22.8. The highest BCUT2D eigenvalue weighted by Crippen LogP contribution is 2.39. The fourth-order valence-electron chi connectivity index (χ4n) is 4.88. The van der Waals surface area contributed by atoms with Gasteiger partial charge in [-0.15, -0.1) is 0 Å². The van der Waals surface area contributed by atoms with Crippen molar-refractivity contribution in [1.82, 2.24) is 25.6 Å². The number of anilines is 2. The number of rotatable bonds is 10. The van der Waals surface area contributed by atoms with Gasteiger partial charge in [-0.05, 0) is 56.2 Å². The van der Waals surface area contributed by atoms with E-state index in [1.54, 1.807) is 6.07 Å². The molecule has 44 heavy (non-hydrogen) atoms. The van der Waals surface area contributed by atoms with Crippen LogP contribution in [0.1, 0.15) is 54.4 Å². The monoisotopic (exact) mass is 664 g/mol. The normalized spacial score (nSPS) is 19.6. The van der Waals surface area contributed by atoms with Crippen LogP contribution in [0.4, 0.5) is 33.6 Å². The van der Waals surface area contributed by atoms with Crippen LogP contribution in [0.15, 0.2) is 18.2 Å². The van der Waals surface area contributed by atoms with Crippen LogP contribution < -0.4 is 20.7 Å². The Kier molecular flexibility index (Phi) is 9.10. The number of halogens is 7. The Bertz CT molecular complexity index is 1560. The molecule has 2 aromatic heterocycles. The average Bonchev–Trinajstić information content (AvgIpc) is 3.59. The molecule has 0 atom stereocenters. The maximum absolute atomic E-state index is 13.1. The molecule has 5 N–H and O–H groups in total. The van der Waals surface area contributed by atoms with Crippen LogP contribution in [0.3, 0.4) is 0 Å². The van der Waals surface area contributed by atoms with Gasteiger partial charge in [0.15, 0.2) is 12.3 Å². The molecule has 0 unspecified atom stereocenters. The minimum absolute atomic E-state index is 0.00709. The molecule has 2 aliphatic rings. The van der Waals surface area contributed by atoms with Gasteiger partial charge in [0.1, 0.15) is 11.2 Å². The molecule has 238 valence electrons. The van der Waals surface area contributed by atoms with E-state index < -0.39 is 54.5 Å². The molecule has 2 amide bonds. The van der Waals surface area contributed by atoms with Gasteiger partial charge in [0.2, 0.25) is 11.8 Å². The number of nitrogens with zero attached hydrogens (tertiary/aromatic N) is 2. The van der Waals surface area contributed by atoms with Crippen molar-refractivity contribution in [1.29, 1.82) is 0 Å². The standard InChI is InChI=1S/C27H27Cl2F5N6O4/c28-16-6-1-12(10-35-24(42)26(43)7-8-26)19(29)20(16)38-25-37-17-9-15(23(39-21(17)40-25)44-11-18(30)31)22(41)36-14-4-2-13(3-5-14)27(32,33)34/h1,6,9,13-14,18,43H,2-5,7-8,10-11H2,(H,35,42)(H,36,41)(H2,37,38,39,40). The lowest BCUT2D eigenvalue weighted by molar-refractivity contribution is -0.182. The van der Waals surface area contributed by atoms with Crippen molar-refractivity contribution in [2.45, 2.75) is 69.3 Å². The van der Waals surface area contributed by atoms with E-state index >= 15 is 0 Å². The SMILES string of the molecule is O=C(NC1CCC(C(F)(F)F)CC1)c1cc2[nH]c(Nc3c(Cl)ccc(CNC(=O)C4(O)CC4)c3Cl)nc2nc1OCC(F)F. The molecule has 17 heteroatoms. The highest BCUT2D eigenvalue weighted by Gasteiger charge is 2.48. The van der Waals surface area contributed by atoms with Crippen molar-refractivity contribution < 1.29 is 41.4 Å². The molecule has 0 spiro atoms. The van der Waals surface area contributed by atoms with Crippen molar-refractivity contribution >= 4 is 57.8 Å². The maximum atomic E-state index is 13.1. The Morgan fingerprint density at radius 1 is 1.14 bits per heavy atom. The first kappa shape index (κ1) is 32.0. The summed E-state index contributed by atoms with van der Waals surface area (Å²) in [5, 5.41) is 18.5. The summed E-state index contributed by atoms with van der Waals surface area (Å²) in [5.41, 5.74) is -0.676. The van der Waals surface area contributed by atoms with E-state index in [2.05, 4.69) is 30.9 Å². The van der Waals surface area contributed by atoms with Gasteiger partial charge in [-0.3, -0.25) is 9.59 Å². The first-order valence-electron chi connectivity index (χ1n) is 13.7. The zero-order chi connectivity index (χ0) is 31.8. The molecular weight excluding hydrogens is 638 g/mol. The number of hydrogen-bond acceptors (Lipinski definition) is 7. The Labute approximate surface area is 257 Å². The van der Waals surface area contributed by atoms with E-state index in [-0.39, 0.29) is 70.6 Å². The fraction of sp³-hybridized carbons (Fsp3) is 0.481. The number of alkyl halides is 5. The van der Waals surface area contributed by atoms with Crippen LogP contribution in [0, 0.1) is 5.92 Å². The number of aromatic nitrogens is 3. The summed E-state index contributed by atoms with van der Waals surface area (Å²) in [6.07, 6.45) is -6.51. The van der Waals surface area contributed by atoms with Crippen LogP contribution in [-0.2, 0) is 11.3 Å². The molecule has 10 nitrogen and oxygen atoms in total. The molecule has 0 bridgehead atoms. The molecule has 2 saturated carbocycles. The van der Waals surface area contributed by atoms with E-state index in [0.29, 0.717) is 18.4 Å². The first-order valence-corrected chi connectivity index (χ1v) is 14.4. The summed E-state index contributed by atoms with van der Waals surface area (Å²) in [5.74, 6) is -3.07. The van der Waals surface area contributed by atoms with Gasteiger partial charge in [0.05, 0.1) is 27.2 Å². The third-order valence-corrected chi connectivity index (χ3v) is 8.30. The Morgan fingerprint density at radius 2 is 1.84 bits per heavy atom. The third kappa shape index (κ3) is 7.26. The van der Waals surface area contributed by atoms with E-state index in [4.69, 9.17) is 27.9 Å². The van der Waals surface area contributed by atoms with Crippen LogP contribution in [0.25, 0.3) is 11.2 Å². The van der Waals surface area contributed by atoms with Crippen molar-refractivity contribution in [3.05, 3.63) is 39.4 Å². The highest BCUT2D eigenvalue weighted by atomic mass is 35.5. The Morgan fingerprint density at radius 3 is 2.48 bits per heavy atom. The number of nitrogens with one attached hydrogen (secondary N) is 4. The fourth-order valence-corrected chi connectivity index (χ4v) is 5.41. The van der Waals surface area contributed by atoms with Crippen LogP contribution in [-0.4, -0.2) is 62.7 Å². The number of fused-ring (bicyclic) bond motifs is 1. The topological polar surface area (TPSA) is 141 Å². The maximum Gasteiger partial charge on any atom is 0.391 e. The molecule has 0 aliphatic heterocycles. The van der Waals surface area contributed by atoms with Crippen molar-refractivity contribution in [3.63, 3.8) is 0 Å². The highest BCUT2D eigenvalue weighted by molar-refractivity contribution is 6.39. The average molecular weight is 665 g/mol. The molecule has 2 aliphatic carbocycles. The van der Waals surface area contributed by atoms with Gasteiger partial charge in [-0.2, -0.15) is 23.1 Å². The summed E-state index contributed by atoms with van der Waals surface area (Å²) in [4.78, 5) is 36.5. The second kappa shape index (κ2) is 12.5. The largest absolute Gasteiger partial charge is 0.471 e. The van der Waals surface area contributed by atoms with E-state index in [0.717, 1.165) is 0 Å². The summed E-state index contributed by atoms with van der Waals surface area (Å²) >= 11 is 12.9. The quantitative estimate of drug-likeness (QED) is 0.177. The van der Waals surface area contributed by atoms with E-state index in [1.165, 1.54) is 12.1 Å². The molecule has 0 saturated heterocycles. The summed E-state index contributed by atoms with van der Waals surface area (Å²) in [6.45, 7) is -1.05. The minimum atomic E-state index is -4.31. The number of imidazole rings is 1. The lowest BCUT2D eigenvalue weighted by Crippen LogP contribution is -2.40. The van der Waals surface area contributed by atoms with Crippen molar-refractivity contribution in [3.8, 4) is 5.88 Å². The van der Waals surface area contributed by atoms with Crippen molar-refractivity contribution in [2.75, 3.05) is 11.9 Å². The van der Waals surface area contributed by atoms with Crippen molar-refractivity contribution in [2.24, 2.45) is 5.92 Å². The summed E-state index contributed by atoms with van der Waals surface area (Å²) in [6, 6.07) is 3.87. The lowest BCUT2D eigenvalue weighted by atomic mass is 9.85. The molecule has 1 aromatic carbocycles. The Hall–Kier alpha value is -3.43. The smallest absolute Gasteiger partial charge is 0.391 e. The van der Waals surface area contributed by atoms with Crippen LogP contribution in [0.2, 0.25) is 10.0 Å². The van der Waals surface area contributed by atoms with Crippen LogP contribution in [0.5, 0.6) is 5.88 Å². The molecular formula is C27H27Cl2F5N6O4. The number of benzene rings is 1. The van der Waals surface area contributed by atoms with E-state index in [9.17, 15) is 36.6 Å². The van der Waals surface area contributed by atoms with Gasteiger partial charge in [0, 0.05) is 12.6 Å². The zero-order valence-corrected chi connectivity index (χ0v) is 24.3. The number of carbonyl (C=O) groups excluding carboxylic acids is 2. The third-order valence-electron chi connectivity index (χ3n) is 7.55. The predicted octanol–water partition coefficient (Wildman–Crippen LogP) is 5.64. The molecule has 2 fully saturated rings. The Balaban J connectivity index is 1.35. The lowest BCUT2D eigenvalue weighted by Gasteiger charge is -2.30. The minimum Gasteiger partial charge on any atom is -0.471 e. The van der Waals surface area contributed by atoms with Gasteiger partial charge in [0.25, 0.3) is 18.2 Å². The molecule has 2 heterocycles. The summed E-state index contributed by atoms with van der Waals surface area (Å²) < 4.78 is 70.1. The van der Waals surface area contributed by atoms with Gasteiger partial charge >= 0.3 is 6.18 Å². The van der Waals surface area contributed by atoms with Gasteiger partial charge in [-0.25, -0.2) is 8.78 Å². The number of aliphatic hydroxyl groups is 1. The molecule has 3 aromatic rings. The molecule has 5 rings (SSSR count). The predicted molar refractivity (Wildman–Crippen MR) is 150 cm³/mol. The second-order valence-corrected chi connectivity index (χ2v) is 11.6. The van der Waals surface area contributed by atoms with Gasteiger partial charge in [-0.1, -0.05) is 29.3 Å². The number of hydrogen-bond donors (Lipinski definition) is 5. The van der Waals surface area contributed by atoms with E-state index in [1.807, 2.05) is 0 Å². The van der Waals surface area contributed by atoms with Crippen LogP contribution >= 0.6 is 23.2 Å². The van der Waals surface area contributed by atoms with Gasteiger partial charge < -0.3 is 30.8 Å². The number of H-pyrrole nitrogens is 1. The number of ether oxygens (including phenoxy) is 1. The second-order valence-electron chi connectivity index (χ2n) is 10.8. The molecule has 0 radical (unpaired) electrons.